The van der Waals surface area contributed by atoms with E-state index in [0.717, 1.165) is 36.6 Å². The number of H-pyrrole nitrogens is 1. The van der Waals surface area contributed by atoms with Crippen molar-refractivity contribution in [1.29, 1.82) is 0 Å². The van der Waals surface area contributed by atoms with Crippen LogP contribution in [0.5, 0.6) is 0 Å². The van der Waals surface area contributed by atoms with Gasteiger partial charge in [0.2, 0.25) is 0 Å². The predicted octanol–water partition coefficient (Wildman–Crippen LogP) is 4.94. The maximum Gasteiger partial charge on any atom is 0.417 e. The monoisotopic (exact) mass is 334 g/mol. The number of benzene rings is 1. The summed E-state index contributed by atoms with van der Waals surface area (Å²) in [4.78, 5) is 7.68. The summed E-state index contributed by atoms with van der Waals surface area (Å²) >= 11 is 0. The van der Waals surface area contributed by atoms with E-state index in [1.54, 1.807) is 13.0 Å². The Labute approximate surface area is 136 Å². The van der Waals surface area contributed by atoms with Gasteiger partial charge in [0, 0.05) is 34.7 Å². The van der Waals surface area contributed by atoms with Gasteiger partial charge in [0.1, 0.15) is 0 Å². The number of aromatic nitrogens is 2. The average molecular weight is 334 g/mol. The van der Waals surface area contributed by atoms with Gasteiger partial charge in [0.05, 0.1) is 23.2 Å². The number of alkyl halides is 3. The maximum absolute atomic E-state index is 13.3. The van der Waals surface area contributed by atoms with Gasteiger partial charge in [-0.3, -0.25) is 4.98 Å². The zero-order valence-electron chi connectivity index (χ0n) is 13.2. The van der Waals surface area contributed by atoms with Crippen LogP contribution in [0, 0.1) is 6.92 Å². The number of nitrogens with zero attached hydrogens (tertiary/aromatic N) is 1. The Morgan fingerprint density at radius 1 is 1.25 bits per heavy atom. The predicted molar refractivity (Wildman–Crippen MR) is 86.1 cm³/mol. The van der Waals surface area contributed by atoms with E-state index in [4.69, 9.17) is 4.74 Å². The van der Waals surface area contributed by atoms with Crippen LogP contribution in [0.4, 0.5) is 13.2 Å². The molecule has 0 bridgehead atoms. The smallest absolute Gasteiger partial charge is 0.381 e. The van der Waals surface area contributed by atoms with E-state index >= 15 is 0 Å². The van der Waals surface area contributed by atoms with E-state index in [-0.39, 0.29) is 11.3 Å². The van der Waals surface area contributed by atoms with Crippen molar-refractivity contribution in [2.75, 3.05) is 13.2 Å². The Morgan fingerprint density at radius 2 is 2.08 bits per heavy atom. The minimum absolute atomic E-state index is 0.133. The summed E-state index contributed by atoms with van der Waals surface area (Å²) in [6.45, 7) is 3.01. The van der Waals surface area contributed by atoms with Gasteiger partial charge < -0.3 is 9.72 Å². The zero-order valence-corrected chi connectivity index (χ0v) is 13.2. The second-order valence-corrected chi connectivity index (χ2v) is 6.37. The van der Waals surface area contributed by atoms with Crippen molar-refractivity contribution in [3.8, 4) is 0 Å². The summed E-state index contributed by atoms with van der Waals surface area (Å²) in [6.07, 6.45) is -2.38. The molecule has 1 saturated heterocycles. The van der Waals surface area contributed by atoms with Crippen molar-refractivity contribution < 1.29 is 17.9 Å². The molecule has 0 aliphatic carbocycles. The standard InChI is InChI=1S/C18H17F3N2O/c1-10-7-14(18(19,20)21)13-5-4-11-8-15(12-3-2-6-24-9-12)23-16(11)17(13)22-10/h4-5,7-8,12,23H,2-3,6,9H2,1H3. The normalized spacial score (nSPS) is 19.2. The second-order valence-electron chi connectivity index (χ2n) is 6.37. The molecular weight excluding hydrogens is 317 g/mol. The number of fused-ring (bicyclic) bond motifs is 3. The number of halogens is 3. The largest absolute Gasteiger partial charge is 0.417 e. The van der Waals surface area contributed by atoms with Gasteiger partial charge in [0.25, 0.3) is 0 Å². The minimum Gasteiger partial charge on any atom is -0.381 e. The molecule has 0 saturated carbocycles. The molecule has 1 aliphatic heterocycles. The molecule has 1 aliphatic rings. The van der Waals surface area contributed by atoms with Gasteiger partial charge in [-0.05, 0) is 31.9 Å². The molecule has 0 radical (unpaired) electrons. The van der Waals surface area contributed by atoms with E-state index in [1.165, 1.54) is 6.07 Å². The molecule has 3 heterocycles. The number of pyridine rings is 1. The highest BCUT2D eigenvalue weighted by molar-refractivity contribution is 6.04. The van der Waals surface area contributed by atoms with Crippen LogP contribution < -0.4 is 0 Å². The van der Waals surface area contributed by atoms with E-state index in [0.29, 0.717) is 23.3 Å². The third-order valence-electron chi connectivity index (χ3n) is 4.63. The van der Waals surface area contributed by atoms with Crippen molar-refractivity contribution in [1.82, 2.24) is 9.97 Å². The van der Waals surface area contributed by atoms with Crippen molar-refractivity contribution >= 4 is 21.8 Å². The van der Waals surface area contributed by atoms with E-state index in [1.807, 2.05) is 6.07 Å². The number of rotatable bonds is 1. The molecule has 0 amide bonds. The van der Waals surface area contributed by atoms with Gasteiger partial charge in [-0.1, -0.05) is 12.1 Å². The zero-order chi connectivity index (χ0) is 16.9. The Hall–Kier alpha value is -2.08. The number of aromatic amines is 1. The fraction of sp³-hybridized carbons (Fsp3) is 0.389. The quantitative estimate of drug-likeness (QED) is 0.685. The molecule has 4 rings (SSSR count). The first-order valence-corrected chi connectivity index (χ1v) is 8.01. The molecule has 1 N–H and O–H groups in total. The molecular formula is C18H17F3N2O. The number of nitrogens with one attached hydrogen (secondary N) is 1. The second kappa shape index (κ2) is 5.48. The van der Waals surface area contributed by atoms with Crippen molar-refractivity contribution in [2.45, 2.75) is 31.9 Å². The van der Waals surface area contributed by atoms with Crippen molar-refractivity contribution in [3.05, 3.63) is 41.2 Å². The first-order chi connectivity index (χ1) is 11.4. The molecule has 3 nitrogen and oxygen atoms in total. The van der Waals surface area contributed by atoms with Crippen LogP contribution in [-0.2, 0) is 10.9 Å². The van der Waals surface area contributed by atoms with Crippen molar-refractivity contribution in [3.63, 3.8) is 0 Å². The van der Waals surface area contributed by atoms with Crippen LogP contribution in [0.25, 0.3) is 21.8 Å². The molecule has 1 unspecified atom stereocenters. The molecule has 3 aromatic rings. The number of hydrogen-bond donors (Lipinski definition) is 1. The fourth-order valence-electron chi connectivity index (χ4n) is 3.48. The number of hydrogen-bond acceptors (Lipinski definition) is 2. The van der Waals surface area contributed by atoms with E-state index in [9.17, 15) is 13.2 Å². The minimum atomic E-state index is -4.40. The lowest BCUT2D eigenvalue weighted by atomic mass is 9.99. The van der Waals surface area contributed by atoms with Crippen molar-refractivity contribution in [2.24, 2.45) is 0 Å². The Balaban J connectivity index is 1.93. The summed E-state index contributed by atoms with van der Waals surface area (Å²) in [5.74, 6) is 0.257. The lowest BCUT2D eigenvalue weighted by Gasteiger charge is -2.20. The summed E-state index contributed by atoms with van der Waals surface area (Å²) in [5, 5.41) is 1.02. The van der Waals surface area contributed by atoms with Gasteiger partial charge in [-0.15, -0.1) is 0 Å². The molecule has 126 valence electrons. The fourth-order valence-corrected chi connectivity index (χ4v) is 3.48. The van der Waals surface area contributed by atoms with Crippen LogP contribution in [0.1, 0.15) is 35.7 Å². The molecule has 1 aromatic carbocycles. The first kappa shape index (κ1) is 15.4. The van der Waals surface area contributed by atoms with Crippen LogP contribution >= 0.6 is 0 Å². The lowest BCUT2D eigenvalue weighted by molar-refractivity contribution is -0.136. The molecule has 1 atom stereocenters. The molecule has 1 fully saturated rings. The van der Waals surface area contributed by atoms with E-state index < -0.39 is 11.7 Å². The summed E-state index contributed by atoms with van der Waals surface area (Å²) in [6, 6.07) is 6.36. The highest BCUT2D eigenvalue weighted by Gasteiger charge is 2.33. The van der Waals surface area contributed by atoms with Crippen LogP contribution in [0.3, 0.4) is 0 Å². The topological polar surface area (TPSA) is 37.9 Å². The van der Waals surface area contributed by atoms with Gasteiger partial charge >= 0.3 is 6.18 Å². The van der Waals surface area contributed by atoms with E-state index in [2.05, 4.69) is 9.97 Å². The maximum atomic E-state index is 13.3. The Kier molecular flexibility index (Phi) is 3.53. The average Bonchev–Trinajstić information content (AvgIpc) is 2.99. The molecule has 2 aromatic heterocycles. The summed E-state index contributed by atoms with van der Waals surface area (Å²) < 4.78 is 45.5. The van der Waals surface area contributed by atoms with Gasteiger partial charge in [-0.2, -0.15) is 13.2 Å². The molecule has 6 heteroatoms. The third-order valence-corrected chi connectivity index (χ3v) is 4.63. The lowest BCUT2D eigenvalue weighted by Crippen LogP contribution is -2.15. The van der Waals surface area contributed by atoms with Gasteiger partial charge in [0.15, 0.2) is 0 Å². The van der Waals surface area contributed by atoms with Gasteiger partial charge in [-0.25, -0.2) is 0 Å². The first-order valence-electron chi connectivity index (χ1n) is 8.01. The van der Waals surface area contributed by atoms with Crippen LogP contribution in [-0.4, -0.2) is 23.2 Å². The third kappa shape index (κ3) is 2.55. The molecule has 24 heavy (non-hydrogen) atoms. The number of ether oxygens (including phenoxy) is 1. The number of aryl methyl sites for hydroxylation is 1. The van der Waals surface area contributed by atoms with Crippen LogP contribution in [0.15, 0.2) is 24.3 Å². The highest BCUT2D eigenvalue weighted by atomic mass is 19.4. The van der Waals surface area contributed by atoms with Crippen LogP contribution in [0.2, 0.25) is 0 Å². The summed E-state index contributed by atoms with van der Waals surface area (Å²) in [5.41, 5.74) is 1.78. The highest BCUT2D eigenvalue weighted by Crippen LogP contribution is 2.37. The Bertz CT molecular complexity index is 908. The molecule has 0 spiro atoms. The SMILES string of the molecule is Cc1cc(C(F)(F)F)c2ccc3cc(C4CCCOC4)[nH]c3c2n1. The Morgan fingerprint density at radius 3 is 2.79 bits per heavy atom. The summed E-state index contributed by atoms with van der Waals surface area (Å²) in [7, 11) is 0.